The first-order chi connectivity index (χ1) is 11.1. The van der Waals surface area contributed by atoms with E-state index in [9.17, 15) is 0 Å². The third kappa shape index (κ3) is 5.75. The van der Waals surface area contributed by atoms with Gasteiger partial charge in [0, 0.05) is 45.3 Å². The van der Waals surface area contributed by atoms with Gasteiger partial charge in [-0.15, -0.1) is 0 Å². The van der Waals surface area contributed by atoms with Crippen LogP contribution in [0.3, 0.4) is 0 Å². The van der Waals surface area contributed by atoms with Crippen LogP contribution in [0.15, 0.2) is 23.2 Å². The van der Waals surface area contributed by atoms with Gasteiger partial charge in [-0.1, -0.05) is 19.1 Å². The van der Waals surface area contributed by atoms with E-state index in [1.54, 1.807) is 14.2 Å². The second-order valence-corrected chi connectivity index (χ2v) is 6.20. The van der Waals surface area contributed by atoms with E-state index < -0.39 is 0 Å². The molecule has 2 atom stereocenters. The molecule has 1 aromatic carbocycles. The quantitative estimate of drug-likeness (QED) is 0.439. The molecule has 2 N–H and O–H groups in total. The van der Waals surface area contributed by atoms with Crippen LogP contribution in [-0.4, -0.2) is 39.4 Å². The van der Waals surface area contributed by atoms with E-state index in [1.165, 1.54) is 12.0 Å². The number of aryl methyl sites for hydroxylation is 1. The number of benzene rings is 1. The highest BCUT2D eigenvalue weighted by atomic mass is 16.5. The maximum atomic E-state index is 5.92. The summed E-state index contributed by atoms with van der Waals surface area (Å²) in [5.41, 5.74) is 2.34. The topological polar surface area (TPSA) is 54.9 Å². The van der Waals surface area contributed by atoms with Crippen molar-refractivity contribution in [1.82, 2.24) is 10.6 Å². The molecule has 5 nitrogen and oxygen atoms in total. The van der Waals surface area contributed by atoms with Crippen LogP contribution in [0, 0.1) is 12.8 Å². The van der Waals surface area contributed by atoms with Crippen LogP contribution < -0.4 is 15.4 Å². The van der Waals surface area contributed by atoms with E-state index >= 15 is 0 Å². The summed E-state index contributed by atoms with van der Waals surface area (Å²) < 4.78 is 11.0. The highest BCUT2D eigenvalue weighted by molar-refractivity contribution is 5.80. The molecule has 0 amide bonds. The number of methoxy groups -OCH3 is 1. The molecule has 128 valence electrons. The summed E-state index contributed by atoms with van der Waals surface area (Å²) in [5, 5.41) is 6.81. The smallest absolute Gasteiger partial charge is 0.191 e. The van der Waals surface area contributed by atoms with E-state index in [0.717, 1.165) is 36.2 Å². The molecular formula is C18H29N3O2. The molecule has 1 fully saturated rings. The van der Waals surface area contributed by atoms with Crippen molar-refractivity contribution in [2.24, 2.45) is 10.9 Å². The predicted molar refractivity (Wildman–Crippen MR) is 94.1 cm³/mol. The minimum atomic E-state index is 0.559. The van der Waals surface area contributed by atoms with Gasteiger partial charge in [0.15, 0.2) is 5.96 Å². The van der Waals surface area contributed by atoms with Crippen molar-refractivity contribution < 1.29 is 9.47 Å². The van der Waals surface area contributed by atoms with Crippen molar-refractivity contribution in [3.8, 4) is 5.75 Å². The maximum absolute atomic E-state index is 5.92. The molecule has 0 aliphatic heterocycles. The Bertz CT molecular complexity index is 531. The SMILES string of the molecule is CN=C(NCc1ccc(C)cc1OCCCOC)NC1CC1C. The lowest BCUT2D eigenvalue weighted by Gasteiger charge is -2.15. The Morgan fingerprint density at radius 2 is 2.13 bits per heavy atom. The maximum Gasteiger partial charge on any atom is 0.191 e. The zero-order valence-electron chi connectivity index (χ0n) is 14.7. The van der Waals surface area contributed by atoms with Crippen molar-refractivity contribution in [3.05, 3.63) is 29.3 Å². The first kappa shape index (κ1) is 17.6. The fourth-order valence-corrected chi connectivity index (χ4v) is 2.40. The summed E-state index contributed by atoms with van der Waals surface area (Å²) in [6.07, 6.45) is 2.11. The average molecular weight is 319 g/mol. The number of aliphatic imine (C=N–C) groups is 1. The molecule has 1 aliphatic carbocycles. The van der Waals surface area contributed by atoms with Gasteiger partial charge in [0.1, 0.15) is 5.75 Å². The van der Waals surface area contributed by atoms with Crippen molar-refractivity contribution in [2.45, 2.75) is 39.3 Å². The Hall–Kier alpha value is -1.75. The molecule has 0 saturated heterocycles. The molecule has 1 aliphatic rings. The molecule has 2 unspecified atom stereocenters. The number of nitrogens with zero attached hydrogens (tertiary/aromatic N) is 1. The van der Waals surface area contributed by atoms with Gasteiger partial charge in [-0.25, -0.2) is 0 Å². The second kappa shape index (κ2) is 8.77. The molecule has 0 bridgehead atoms. The lowest BCUT2D eigenvalue weighted by atomic mass is 10.1. The van der Waals surface area contributed by atoms with Crippen molar-refractivity contribution >= 4 is 5.96 Å². The van der Waals surface area contributed by atoms with Crippen LogP contribution in [0.1, 0.15) is 30.9 Å². The van der Waals surface area contributed by atoms with Gasteiger partial charge in [0.05, 0.1) is 6.61 Å². The zero-order chi connectivity index (χ0) is 16.7. The van der Waals surface area contributed by atoms with Crippen LogP contribution in [0.25, 0.3) is 0 Å². The molecule has 0 radical (unpaired) electrons. The van der Waals surface area contributed by atoms with Crippen LogP contribution in [-0.2, 0) is 11.3 Å². The first-order valence-corrected chi connectivity index (χ1v) is 8.32. The Morgan fingerprint density at radius 3 is 2.78 bits per heavy atom. The van der Waals surface area contributed by atoms with Gasteiger partial charge in [0.25, 0.3) is 0 Å². The van der Waals surface area contributed by atoms with Gasteiger partial charge >= 0.3 is 0 Å². The highest BCUT2D eigenvalue weighted by Crippen LogP contribution is 2.28. The molecule has 0 aromatic heterocycles. The fourth-order valence-electron chi connectivity index (χ4n) is 2.40. The summed E-state index contributed by atoms with van der Waals surface area (Å²) in [7, 11) is 3.51. The average Bonchev–Trinajstić information content (AvgIpc) is 3.24. The van der Waals surface area contributed by atoms with Crippen molar-refractivity contribution in [2.75, 3.05) is 27.4 Å². The van der Waals surface area contributed by atoms with Crippen LogP contribution in [0.4, 0.5) is 0 Å². The van der Waals surface area contributed by atoms with Crippen LogP contribution >= 0.6 is 0 Å². The molecule has 1 aromatic rings. The second-order valence-electron chi connectivity index (χ2n) is 6.20. The Kier molecular flexibility index (Phi) is 6.71. The summed E-state index contributed by atoms with van der Waals surface area (Å²) in [6.45, 7) is 6.40. The molecule has 5 heteroatoms. The van der Waals surface area contributed by atoms with E-state index in [1.807, 2.05) is 0 Å². The van der Waals surface area contributed by atoms with Gasteiger partial charge in [-0.2, -0.15) is 0 Å². The Labute approximate surface area is 139 Å². The molecule has 0 spiro atoms. The minimum Gasteiger partial charge on any atom is -0.493 e. The monoisotopic (exact) mass is 319 g/mol. The van der Waals surface area contributed by atoms with E-state index in [4.69, 9.17) is 9.47 Å². The number of hydrogen-bond donors (Lipinski definition) is 2. The molecule has 23 heavy (non-hydrogen) atoms. The van der Waals surface area contributed by atoms with Gasteiger partial charge in [0.2, 0.25) is 0 Å². The van der Waals surface area contributed by atoms with Crippen LogP contribution in [0.2, 0.25) is 0 Å². The predicted octanol–water partition coefficient (Wildman–Crippen LogP) is 2.48. The molecule has 1 saturated carbocycles. The third-order valence-corrected chi connectivity index (χ3v) is 4.07. The normalized spacial score (nSPS) is 20.3. The van der Waals surface area contributed by atoms with E-state index in [2.05, 4.69) is 47.7 Å². The standard InChI is InChI=1S/C18H29N3O2/c1-13-6-7-15(17(10-13)23-9-5-8-22-4)12-20-18(19-3)21-16-11-14(16)2/h6-7,10,14,16H,5,8-9,11-12H2,1-4H3,(H2,19,20,21). The number of guanidine groups is 1. The third-order valence-electron chi connectivity index (χ3n) is 4.07. The lowest BCUT2D eigenvalue weighted by molar-refractivity contribution is 0.172. The number of ether oxygens (including phenoxy) is 2. The van der Waals surface area contributed by atoms with Gasteiger partial charge in [-0.3, -0.25) is 4.99 Å². The summed E-state index contributed by atoms with van der Waals surface area (Å²) in [6, 6.07) is 6.87. The zero-order valence-corrected chi connectivity index (χ0v) is 14.7. The van der Waals surface area contributed by atoms with Gasteiger partial charge < -0.3 is 20.1 Å². The van der Waals surface area contributed by atoms with Crippen molar-refractivity contribution in [3.63, 3.8) is 0 Å². The molecule has 2 rings (SSSR count). The Balaban J connectivity index is 1.89. The number of rotatable bonds is 8. The van der Waals surface area contributed by atoms with E-state index in [-0.39, 0.29) is 0 Å². The molecular weight excluding hydrogens is 290 g/mol. The largest absolute Gasteiger partial charge is 0.493 e. The Morgan fingerprint density at radius 1 is 1.35 bits per heavy atom. The fraction of sp³-hybridized carbons (Fsp3) is 0.611. The molecule has 0 heterocycles. The van der Waals surface area contributed by atoms with Gasteiger partial charge in [-0.05, 0) is 30.9 Å². The first-order valence-electron chi connectivity index (χ1n) is 8.32. The summed E-state index contributed by atoms with van der Waals surface area (Å²) in [5.74, 6) is 2.53. The highest BCUT2D eigenvalue weighted by Gasteiger charge is 2.33. The van der Waals surface area contributed by atoms with Crippen LogP contribution in [0.5, 0.6) is 5.75 Å². The van der Waals surface area contributed by atoms with Crippen molar-refractivity contribution in [1.29, 1.82) is 0 Å². The summed E-state index contributed by atoms with van der Waals surface area (Å²) >= 11 is 0. The summed E-state index contributed by atoms with van der Waals surface area (Å²) in [4.78, 5) is 4.29. The number of hydrogen-bond acceptors (Lipinski definition) is 3. The minimum absolute atomic E-state index is 0.559. The lowest BCUT2D eigenvalue weighted by Crippen LogP contribution is -2.38. The number of nitrogens with one attached hydrogen (secondary N) is 2. The van der Waals surface area contributed by atoms with E-state index in [0.29, 0.717) is 19.2 Å².